The Bertz CT molecular complexity index is 414. The van der Waals surface area contributed by atoms with Crippen LogP contribution in [-0.2, 0) is 13.1 Å². The Morgan fingerprint density at radius 2 is 2.15 bits per heavy atom. The minimum Gasteiger partial charge on any atom is -0.307 e. The van der Waals surface area contributed by atoms with Crippen molar-refractivity contribution in [1.82, 2.24) is 36.1 Å². The molecule has 1 aliphatic rings. The molecule has 0 radical (unpaired) electrons. The van der Waals surface area contributed by atoms with Crippen molar-refractivity contribution < 1.29 is 0 Å². The lowest BCUT2D eigenvalue weighted by Crippen LogP contribution is -2.03. The third kappa shape index (κ3) is 0.872. The number of aromatic amines is 2. The Morgan fingerprint density at radius 1 is 1.15 bits per heavy atom. The largest absolute Gasteiger partial charge is 0.307 e. The van der Waals surface area contributed by atoms with E-state index in [1.165, 1.54) is 0 Å². The van der Waals surface area contributed by atoms with Gasteiger partial charge in [0.15, 0.2) is 5.82 Å². The zero-order valence-corrected chi connectivity index (χ0v) is 6.70. The molecule has 3 N–H and O–H groups in total. The molecular formula is C6H7N7. The van der Waals surface area contributed by atoms with Crippen LogP contribution >= 0.6 is 0 Å². The number of aromatic nitrogens is 6. The van der Waals surface area contributed by atoms with Crippen molar-refractivity contribution in [2.75, 3.05) is 0 Å². The number of H-pyrrole nitrogens is 2. The second kappa shape index (κ2) is 2.36. The quantitative estimate of drug-likeness (QED) is 0.529. The van der Waals surface area contributed by atoms with Crippen LogP contribution in [0, 0.1) is 0 Å². The molecule has 0 aliphatic carbocycles. The first-order valence-electron chi connectivity index (χ1n) is 3.96. The molecule has 0 saturated heterocycles. The van der Waals surface area contributed by atoms with E-state index in [4.69, 9.17) is 0 Å². The average molecular weight is 177 g/mol. The Hall–Kier alpha value is -1.76. The molecule has 2 aromatic rings. The Morgan fingerprint density at radius 3 is 3.00 bits per heavy atom. The molecule has 0 atom stereocenters. The Kier molecular flexibility index (Phi) is 1.22. The van der Waals surface area contributed by atoms with E-state index < -0.39 is 0 Å². The second-order valence-corrected chi connectivity index (χ2v) is 2.88. The highest BCUT2D eigenvalue weighted by Crippen LogP contribution is 2.22. The standard InChI is InChI=1S/C6H7N7/c1-3-4(2-7-1)8-9-5(3)6-10-12-13-11-6/h7H,1-2H2,(H,8,9)(H,10,11,12,13). The van der Waals surface area contributed by atoms with Crippen LogP contribution in [0.2, 0.25) is 0 Å². The molecule has 0 unspecified atom stereocenters. The monoisotopic (exact) mass is 177 g/mol. The minimum absolute atomic E-state index is 0.637. The van der Waals surface area contributed by atoms with Gasteiger partial charge in [-0.2, -0.15) is 5.10 Å². The molecule has 3 heterocycles. The molecule has 13 heavy (non-hydrogen) atoms. The van der Waals surface area contributed by atoms with Gasteiger partial charge in [0.1, 0.15) is 5.69 Å². The molecule has 7 heteroatoms. The predicted molar refractivity (Wildman–Crippen MR) is 42.3 cm³/mol. The molecule has 0 bridgehead atoms. The summed E-state index contributed by atoms with van der Waals surface area (Å²) in [4.78, 5) is 0. The van der Waals surface area contributed by atoms with Gasteiger partial charge in [-0.15, -0.1) is 5.10 Å². The fourth-order valence-electron chi connectivity index (χ4n) is 1.51. The summed E-state index contributed by atoms with van der Waals surface area (Å²) in [5.41, 5.74) is 3.08. The van der Waals surface area contributed by atoms with E-state index in [9.17, 15) is 0 Å². The summed E-state index contributed by atoms with van der Waals surface area (Å²) in [6.45, 7) is 1.63. The van der Waals surface area contributed by atoms with Crippen molar-refractivity contribution in [2.24, 2.45) is 0 Å². The summed E-state index contributed by atoms with van der Waals surface area (Å²) < 4.78 is 0. The maximum atomic E-state index is 4.15. The van der Waals surface area contributed by atoms with Crippen molar-refractivity contribution in [3.8, 4) is 11.5 Å². The van der Waals surface area contributed by atoms with Gasteiger partial charge in [0.25, 0.3) is 0 Å². The Labute approximate surface area is 72.9 Å². The summed E-state index contributed by atoms with van der Waals surface area (Å²) >= 11 is 0. The third-order valence-electron chi connectivity index (χ3n) is 2.13. The average Bonchev–Trinajstić information content (AvgIpc) is 2.79. The molecule has 7 nitrogen and oxygen atoms in total. The van der Waals surface area contributed by atoms with E-state index >= 15 is 0 Å². The van der Waals surface area contributed by atoms with Crippen LogP contribution in [0.3, 0.4) is 0 Å². The first-order chi connectivity index (χ1) is 6.45. The topological polar surface area (TPSA) is 95.2 Å². The zero-order chi connectivity index (χ0) is 8.67. The van der Waals surface area contributed by atoms with E-state index in [0.29, 0.717) is 5.82 Å². The number of hydrogen-bond acceptors (Lipinski definition) is 5. The van der Waals surface area contributed by atoms with E-state index in [0.717, 1.165) is 30.0 Å². The molecule has 0 amide bonds. The highest BCUT2D eigenvalue weighted by atomic mass is 15.5. The molecule has 0 fully saturated rings. The molecule has 1 aliphatic heterocycles. The van der Waals surface area contributed by atoms with Crippen molar-refractivity contribution in [3.05, 3.63) is 11.3 Å². The van der Waals surface area contributed by atoms with E-state index in [-0.39, 0.29) is 0 Å². The number of tetrazole rings is 1. The van der Waals surface area contributed by atoms with Crippen LogP contribution in [0.15, 0.2) is 0 Å². The van der Waals surface area contributed by atoms with Crippen LogP contribution in [-0.4, -0.2) is 30.8 Å². The van der Waals surface area contributed by atoms with Crippen molar-refractivity contribution >= 4 is 0 Å². The first kappa shape index (κ1) is 6.72. The molecule has 2 aromatic heterocycles. The van der Waals surface area contributed by atoms with Gasteiger partial charge in [-0.05, 0) is 10.4 Å². The number of fused-ring (bicyclic) bond motifs is 1. The summed E-state index contributed by atoms with van der Waals surface area (Å²) in [5.74, 6) is 0.637. The number of rotatable bonds is 1. The van der Waals surface area contributed by atoms with Gasteiger partial charge >= 0.3 is 0 Å². The summed E-state index contributed by atoms with van der Waals surface area (Å²) in [7, 11) is 0. The normalized spacial score (nSPS) is 14.8. The summed E-state index contributed by atoms with van der Waals surface area (Å²) in [6, 6.07) is 0. The van der Waals surface area contributed by atoms with Crippen LogP contribution < -0.4 is 5.32 Å². The number of nitrogens with zero attached hydrogens (tertiary/aromatic N) is 4. The summed E-state index contributed by atoms with van der Waals surface area (Å²) in [5, 5.41) is 23.8. The fourth-order valence-corrected chi connectivity index (χ4v) is 1.51. The van der Waals surface area contributed by atoms with Gasteiger partial charge in [0.2, 0.25) is 0 Å². The van der Waals surface area contributed by atoms with Gasteiger partial charge in [-0.25, -0.2) is 5.10 Å². The molecule has 66 valence electrons. The molecule has 0 saturated carbocycles. The lowest BCUT2D eigenvalue weighted by Gasteiger charge is -1.92. The number of nitrogens with one attached hydrogen (secondary N) is 3. The fraction of sp³-hybridized carbons (Fsp3) is 0.333. The number of hydrogen-bond donors (Lipinski definition) is 3. The van der Waals surface area contributed by atoms with Crippen molar-refractivity contribution in [3.63, 3.8) is 0 Å². The highest BCUT2D eigenvalue weighted by Gasteiger charge is 2.20. The second-order valence-electron chi connectivity index (χ2n) is 2.88. The van der Waals surface area contributed by atoms with E-state index in [2.05, 4.69) is 36.1 Å². The zero-order valence-electron chi connectivity index (χ0n) is 6.70. The van der Waals surface area contributed by atoms with Crippen LogP contribution in [0.25, 0.3) is 11.5 Å². The first-order valence-corrected chi connectivity index (χ1v) is 3.96. The predicted octanol–water partition coefficient (Wildman–Crippen LogP) is -0.807. The van der Waals surface area contributed by atoms with Crippen molar-refractivity contribution in [2.45, 2.75) is 13.1 Å². The lowest BCUT2D eigenvalue weighted by molar-refractivity contribution is 0.742. The minimum atomic E-state index is 0.637. The van der Waals surface area contributed by atoms with E-state index in [1.54, 1.807) is 0 Å². The molecular weight excluding hydrogens is 170 g/mol. The van der Waals surface area contributed by atoms with Gasteiger partial charge in [0, 0.05) is 18.7 Å². The van der Waals surface area contributed by atoms with Gasteiger partial charge in [-0.1, -0.05) is 0 Å². The van der Waals surface area contributed by atoms with Gasteiger partial charge in [0.05, 0.1) is 5.69 Å². The van der Waals surface area contributed by atoms with Crippen LogP contribution in [0.4, 0.5) is 0 Å². The van der Waals surface area contributed by atoms with Crippen molar-refractivity contribution in [1.29, 1.82) is 0 Å². The molecule has 0 aromatic carbocycles. The SMILES string of the molecule is C1NCc2c1n[nH]c2-c1nnn[nH]1. The Balaban J connectivity index is 2.16. The highest BCUT2D eigenvalue weighted by molar-refractivity contribution is 5.56. The maximum absolute atomic E-state index is 4.15. The summed E-state index contributed by atoms with van der Waals surface area (Å²) in [6.07, 6.45) is 0. The lowest BCUT2D eigenvalue weighted by atomic mass is 10.2. The molecule has 0 spiro atoms. The van der Waals surface area contributed by atoms with Gasteiger partial charge in [-0.3, -0.25) is 5.10 Å². The van der Waals surface area contributed by atoms with E-state index in [1.807, 2.05) is 0 Å². The third-order valence-corrected chi connectivity index (χ3v) is 2.13. The van der Waals surface area contributed by atoms with Crippen LogP contribution in [0.1, 0.15) is 11.3 Å². The smallest absolute Gasteiger partial charge is 0.197 e. The van der Waals surface area contributed by atoms with Gasteiger partial charge < -0.3 is 5.32 Å². The van der Waals surface area contributed by atoms with Crippen LogP contribution in [0.5, 0.6) is 0 Å². The maximum Gasteiger partial charge on any atom is 0.197 e. The molecule has 3 rings (SSSR count).